The van der Waals surface area contributed by atoms with Crippen LogP contribution in [0.2, 0.25) is 0 Å². The first-order chi connectivity index (χ1) is 19.4. The van der Waals surface area contributed by atoms with E-state index in [0.29, 0.717) is 13.0 Å². The number of quaternary nitrogens is 1. The maximum Gasteiger partial charge on any atom is 0.306 e. The van der Waals surface area contributed by atoms with Crippen LogP contribution >= 0.6 is 0 Å². The highest BCUT2D eigenvalue weighted by Gasteiger charge is 2.18. The van der Waals surface area contributed by atoms with Crippen LogP contribution in [0.15, 0.2) is 54.6 Å². The summed E-state index contributed by atoms with van der Waals surface area (Å²) in [4.78, 5) is 12.5. The van der Waals surface area contributed by atoms with Crippen molar-refractivity contribution < 1.29 is 18.8 Å². The first-order valence-electron chi connectivity index (χ1n) is 16.2. The Balaban J connectivity index is 1.63. The van der Waals surface area contributed by atoms with Crippen LogP contribution in [0.3, 0.4) is 0 Å². The number of esters is 1. The van der Waals surface area contributed by atoms with E-state index >= 15 is 0 Å². The van der Waals surface area contributed by atoms with E-state index in [0.717, 1.165) is 42.6 Å². The fourth-order valence-corrected chi connectivity index (χ4v) is 5.29. The number of rotatable bonds is 23. The van der Waals surface area contributed by atoms with Gasteiger partial charge in [0.15, 0.2) is 0 Å². The van der Waals surface area contributed by atoms with Gasteiger partial charge in [-0.1, -0.05) is 127 Å². The molecule has 40 heavy (non-hydrogen) atoms. The van der Waals surface area contributed by atoms with E-state index in [1.54, 1.807) is 0 Å². The second-order valence-corrected chi connectivity index (χ2v) is 12.1. The third kappa shape index (κ3) is 15.5. The molecule has 0 radical (unpaired) electrons. The Hall–Kier alpha value is -2.33. The van der Waals surface area contributed by atoms with Gasteiger partial charge in [-0.2, -0.15) is 0 Å². The van der Waals surface area contributed by atoms with Gasteiger partial charge >= 0.3 is 5.97 Å². The van der Waals surface area contributed by atoms with Crippen molar-refractivity contribution in [2.24, 2.45) is 0 Å². The van der Waals surface area contributed by atoms with Gasteiger partial charge in [0.25, 0.3) is 0 Å². The monoisotopic (exact) mass is 552 g/mol. The van der Waals surface area contributed by atoms with Crippen LogP contribution < -0.4 is 4.74 Å². The maximum atomic E-state index is 12.5. The molecule has 0 saturated carbocycles. The first-order valence-corrected chi connectivity index (χ1v) is 16.2. The summed E-state index contributed by atoms with van der Waals surface area (Å²) in [6.45, 7) is 6.57. The van der Waals surface area contributed by atoms with Crippen molar-refractivity contribution in [3.63, 3.8) is 0 Å². The van der Waals surface area contributed by atoms with Crippen molar-refractivity contribution in [3.8, 4) is 5.75 Å². The van der Waals surface area contributed by atoms with Gasteiger partial charge in [-0.3, -0.25) is 4.79 Å². The number of hydrogen-bond acceptors (Lipinski definition) is 3. The lowest BCUT2D eigenvalue weighted by atomic mass is 10.0. The summed E-state index contributed by atoms with van der Waals surface area (Å²) >= 11 is 0. The number of hydrogen-bond donors (Lipinski definition) is 0. The zero-order valence-corrected chi connectivity index (χ0v) is 26.2. The molecule has 0 amide bonds. The molecule has 0 aromatic heterocycles. The van der Waals surface area contributed by atoms with Gasteiger partial charge in [-0.25, -0.2) is 0 Å². The summed E-state index contributed by atoms with van der Waals surface area (Å²) in [5.74, 6) is 0.813. The largest absolute Gasteiger partial charge is 0.487 e. The molecule has 0 aliphatic heterocycles. The molecule has 0 bridgehead atoms. The molecule has 0 saturated heterocycles. The average Bonchev–Trinajstić information content (AvgIpc) is 2.94. The van der Waals surface area contributed by atoms with Gasteiger partial charge in [0, 0.05) is 12.0 Å². The van der Waals surface area contributed by atoms with Crippen LogP contribution in [-0.4, -0.2) is 43.8 Å². The molecule has 0 spiro atoms. The molecule has 4 nitrogen and oxygen atoms in total. The maximum absolute atomic E-state index is 12.5. The second-order valence-electron chi connectivity index (χ2n) is 12.1. The Labute approximate surface area is 246 Å². The molecule has 0 N–H and O–H groups in total. The number of unbranched alkanes of at least 4 members (excludes halogenated alkanes) is 10. The van der Waals surface area contributed by atoms with Crippen LogP contribution in [0.4, 0.5) is 0 Å². The highest BCUT2D eigenvalue weighted by Crippen LogP contribution is 2.23. The van der Waals surface area contributed by atoms with Crippen molar-refractivity contribution in [3.05, 3.63) is 65.7 Å². The molecule has 0 heterocycles. The third-order valence-electron chi connectivity index (χ3n) is 7.80. The van der Waals surface area contributed by atoms with Gasteiger partial charge < -0.3 is 14.0 Å². The number of ether oxygens (including phenoxy) is 2. The number of aryl methyl sites for hydroxylation is 1. The minimum atomic E-state index is -0.129. The normalized spacial score (nSPS) is 12.3. The average molecular weight is 553 g/mol. The fraction of sp³-hybridized carbons (Fsp3) is 0.639. The van der Waals surface area contributed by atoms with Crippen molar-refractivity contribution in [2.45, 2.75) is 123 Å². The molecular weight excluding hydrogens is 494 g/mol. The topological polar surface area (TPSA) is 35.5 Å². The van der Waals surface area contributed by atoms with E-state index in [1.807, 2.05) is 12.1 Å². The molecule has 224 valence electrons. The van der Waals surface area contributed by atoms with E-state index in [1.165, 1.54) is 81.8 Å². The lowest BCUT2D eigenvalue weighted by molar-refractivity contribution is -0.903. The van der Waals surface area contributed by atoms with Crippen molar-refractivity contribution in [1.29, 1.82) is 0 Å². The Morgan fingerprint density at radius 3 is 2.00 bits per heavy atom. The molecule has 1 unspecified atom stereocenters. The Morgan fingerprint density at radius 2 is 1.35 bits per heavy atom. The number of nitrogens with zero attached hydrogens (tertiary/aromatic N) is 1. The second kappa shape index (κ2) is 20.5. The van der Waals surface area contributed by atoms with Crippen LogP contribution in [0.1, 0.15) is 115 Å². The van der Waals surface area contributed by atoms with Crippen molar-refractivity contribution in [2.75, 3.05) is 27.2 Å². The van der Waals surface area contributed by atoms with Gasteiger partial charge in [-0.05, 0) is 30.9 Å². The molecule has 2 aromatic rings. The molecule has 1 atom stereocenters. The number of para-hydroxylation sites is 1. The SMILES string of the molecule is CCCCCCCCCCCCCc1ccccc1OC(CC)COC(=O)CCC[N+](C)(C)Cc1ccccc1. The zero-order chi connectivity index (χ0) is 28.9. The quantitative estimate of drug-likeness (QED) is 0.0783. The Bertz CT molecular complexity index is 911. The van der Waals surface area contributed by atoms with Crippen LogP contribution in [-0.2, 0) is 22.5 Å². The highest BCUT2D eigenvalue weighted by molar-refractivity contribution is 5.69. The fourth-order valence-electron chi connectivity index (χ4n) is 5.29. The molecule has 2 aromatic carbocycles. The highest BCUT2D eigenvalue weighted by atomic mass is 16.6. The number of benzene rings is 2. The summed E-state index contributed by atoms with van der Waals surface area (Å²) in [6, 6.07) is 18.9. The van der Waals surface area contributed by atoms with Gasteiger partial charge in [0.1, 0.15) is 25.0 Å². The molecule has 0 fully saturated rings. The molecule has 4 heteroatoms. The minimum absolute atomic E-state index is 0.118. The van der Waals surface area contributed by atoms with Gasteiger partial charge in [0.05, 0.1) is 27.1 Å². The van der Waals surface area contributed by atoms with Gasteiger partial charge in [0.2, 0.25) is 0 Å². The predicted molar refractivity (Wildman–Crippen MR) is 169 cm³/mol. The van der Waals surface area contributed by atoms with Crippen LogP contribution in [0, 0.1) is 0 Å². The van der Waals surface area contributed by atoms with E-state index in [4.69, 9.17) is 9.47 Å². The third-order valence-corrected chi connectivity index (χ3v) is 7.80. The molecule has 0 aliphatic carbocycles. The summed E-state index contributed by atoms with van der Waals surface area (Å²) in [5, 5.41) is 0. The number of carbonyl (C=O) groups excluding carboxylic acids is 1. The molecule has 0 aliphatic rings. The minimum Gasteiger partial charge on any atom is -0.487 e. The Kier molecular flexibility index (Phi) is 17.4. The van der Waals surface area contributed by atoms with E-state index < -0.39 is 0 Å². The summed E-state index contributed by atoms with van der Waals surface area (Å²) in [7, 11) is 4.43. The van der Waals surface area contributed by atoms with Crippen molar-refractivity contribution in [1.82, 2.24) is 0 Å². The standard InChI is InChI=1S/C36H58NO3/c1-5-7-8-9-10-11-12-13-14-15-19-25-33-26-20-21-27-35(33)40-34(6-2)31-39-36(38)28-22-29-37(3,4)30-32-23-17-16-18-24-32/h16-18,20-21,23-24,26-27,34H,5-15,19,22,25,28-31H2,1-4H3/q+1. The lowest BCUT2D eigenvalue weighted by Gasteiger charge is -2.29. The van der Waals surface area contributed by atoms with Crippen molar-refractivity contribution >= 4 is 5.97 Å². The summed E-state index contributed by atoms with van der Waals surface area (Å²) in [5.41, 5.74) is 2.59. The van der Waals surface area contributed by atoms with E-state index in [9.17, 15) is 4.79 Å². The zero-order valence-electron chi connectivity index (χ0n) is 26.2. The Morgan fingerprint density at radius 1 is 0.750 bits per heavy atom. The molecular formula is C36H58NO3+. The molecule has 2 rings (SSSR count). The first kappa shape index (κ1) is 33.9. The van der Waals surface area contributed by atoms with Crippen LogP contribution in [0.25, 0.3) is 0 Å². The van der Waals surface area contributed by atoms with E-state index in [-0.39, 0.29) is 12.1 Å². The number of carbonyl (C=O) groups is 1. The van der Waals surface area contributed by atoms with Crippen LogP contribution in [0.5, 0.6) is 5.75 Å². The summed E-state index contributed by atoms with van der Waals surface area (Å²) < 4.78 is 12.8. The van der Waals surface area contributed by atoms with E-state index in [2.05, 4.69) is 70.4 Å². The predicted octanol–water partition coefficient (Wildman–Crippen LogP) is 9.30. The van der Waals surface area contributed by atoms with Gasteiger partial charge in [-0.15, -0.1) is 0 Å². The summed E-state index contributed by atoms with van der Waals surface area (Å²) in [6.07, 6.45) is 17.9. The lowest BCUT2D eigenvalue weighted by Crippen LogP contribution is -2.39. The smallest absolute Gasteiger partial charge is 0.306 e.